The molecule has 0 saturated heterocycles. The van der Waals surface area contributed by atoms with E-state index in [-0.39, 0.29) is 12.3 Å². The third-order valence-electron chi connectivity index (χ3n) is 2.62. The number of carbonyl (C=O) groups is 2. The molecule has 0 aromatic heterocycles. The predicted octanol–water partition coefficient (Wildman–Crippen LogP) is 1.70. The van der Waals surface area contributed by atoms with Gasteiger partial charge in [0, 0.05) is 0 Å². The maximum Gasteiger partial charge on any atom is 0.328 e. The van der Waals surface area contributed by atoms with Gasteiger partial charge >= 0.3 is 5.97 Å². The summed E-state index contributed by atoms with van der Waals surface area (Å²) in [5.41, 5.74) is 0.863. The molecule has 0 bridgehead atoms. The van der Waals surface area contributed by atoms with E-state index in [9.17, 15) is 9.59 Å². The Morgan fingerprint density at radius 2 is 1.80 bits per heavy atom. The van der Waals surface area contributed by atoms with Gasteiger partial charge in [0.2, 0.25) is 5.91 Å². The lowest BCUT2D eigenvalue weighted by molar-refractivity contribution is -0.146. The van der Waals surface area contributed by atoms with Crippen molar-refractivity contribution in [2.24, 2.45) is 0 Å². The molecule has 0 spiro atoms. The van der Waals surface area contributed by atoms with E-state index in [1.807, 2.05) is 31.2 Å². The first kappa shape index (κ1) is 16.0. The van der Waals surface area contributed by atoms with Gasteiger partial charge in [-0.15, -0.1) is 0 Å². The Hall–Kier alpha value is -2.04. The Morgan fingerprint density at radius 1 is 1.15 bits per heavy atom. The minimum Gasteiger partial charge on any atom is -0.494 e. The molecule has 1 aromatic rings. The molecule has 0 aliphatic carbocycles. The lowest BCUT2D eigenvalue weighted by Crippen LogP contribution is -2.40. The summed E-state index contributed by atoms with van der Waals surface area (Å²) < 4.78 is 10.2. The van der Waals surface area contributed by atoms with Gasteiger partial charge < -0.3 is 14.8 Å². The molecular formula is C15H21NO4. The summed E-state index contributed by atoms with van der Waals surface area (Å²) in [5.74, 6) is 0.138. The highest BCUT2D eigenvalue weighted by atomic mass is 16.5. The van der Waals surface area contributed by atoms with Crippen LogP contribution in [0.2, 0.25) is 0 Å². The summed E-state index contributed by atoms with van der Waals surface area (Å²) in [6.07, 6.45) is 0.218. The quantitative estimate of drug-likeness (QED) is 0.771. The van der Waals surface area contributed by atoms with Crippen molar-refractivity contribution in [2.75, 3.05) is 13.2 Å². The molecule has 0 radical (unpaired) electrons. The second-order valence-electron chi connectivity index (χ2n) is 4.29. The van der Waals surface area contributed by atoms with E-state index in [1.165, 1.54) is 0 Å². The van der Waals surface area contributed by atoms with Crippen LogP contribution in [-0.4, -0.2) is 31.1 Å². The van der Waals surface area contributed by atoms with E-state index in [0.29, 0.717) is 13.2 Å². The van der Waals surface area contributed by atoms with E-state index < -0.39 is 12.0 Å². The number of amides is 1. The van der Waals surface area contributed by atoms with Gasteiger partial charge in [0.15, 0.2) is 0 Å². The van der Waals surface area contributed by atoms with Gasteiger partial charge in [-0.1, -0.05) is 12.1 Å². The fraction of sp³-hybridized carbons (Fsp3) is 0.467. The van der Waals surface area contributed by atoms with Crippen LogP contribution in [0, 0.1) is 0 Å². The Labute approximate surface area is 119 Å². The van der Waals surface area contributed by atoms with Gasteiger partial charge in [0.1, 0.15) is 11.8 Å². The second kappa shape index (κ2) is 8.19. The molecule has 1 unspecified atom stereocenters. The van der Waals surface area contributed by atoms with Gasteiger partial charge in [0.25, 0.3) is 0 Å². The maximum absolute atomic E-state index is 11.8. The molecule has 5 nitrogen and oxygen atoms in total. The number of esters is 1. The van der Waals surface area contributed by atoms with Crippen LogP contribution in [-0.2, 0) is 20.7 Å². The van der Waals surface area contributed by atoms with Crippen LogP contribution in [0.5, 0.6) is 5.75 Å². The zero-order valence-electron chi connectivity index (χ0n) is 12.1. The van der Waals surface area contributed by atoms with Crippen LogP contribution < -0.4 is 10.1 Å². The Bertz CT molecular complexity index is 442. The van der Waals surface area contributed by atoms with Crippen LogP contribution in [0.3, 0.4) is 0 Å². The largest absolute Gasteiger partial charge is 0.494 e. The van der Waals surface area contributed by atoms with E-state index in [0.717, 1.165) is 11.3 Å². The smallest absolute Gasteiger partial charge is 0.328 e. The molecule has 1 N–H and O–H groups in total. The van der Waals surface area contributed by atoms with Gasteiger partial charge in [-0.05, 0) is 38.5 Å². The minimum atomic E-state index is -0.634. The topological polar surface area (TPSA) is 64.6 Å². The fourth-order valence-electron chi connectivity index (χ4n) is 1.67. The van der Waals surface area contributed by atoms with Crippen LogP contribution in [0.4, 0.5) is 0 Å². The first-order valence-corrected chi connectivity index (χ1v) is 6.74. The van der Waals surface area contributed by atoms with E-state index in [1.54, 1.807) is 13.8 Å². The molecule has 110 valence electrons. The summed E-state index contributed by atoms with van der Waals surface area (Å²) in [5, 5.41) is 2.61. The summed E-state index contributed by atoms with van der Waals surface area (Å²) >= 11 is 0. The van der Waals surface area contributed by atoms with Crippen LogP contribution >= 0.6 is 0 Å². The molecular weight excluding hydrogens is 258 g/mol. The van der Waals surface area contributed by atoms with Crippen molar-refractivity contribution in [3.05, 3.63) is 29.8 Å². The van der Waals surface area contributed by atoms with E-state index in [4.69, 9.17) is 9.47 Å². The number of nitrogens with one attached hydrogen (secondary N) is 1. The number of ether oxygens (including phenoxy) is 2. The van der Waals surface area contributed by atoms with Gasteiger partial charge in [-0.3, -0.25) is 4.79 Å². The van der Waals surface area contributed by atoms with Gasteiger partial charge in [-0.25, -0.2) is 4.79 Å². The van der Waals surface area contributed by atoms with Gasteiger partial charge in [0.05, 0.1) is 19.6 Å². The highest BCUT2D eigenvalue weighted by molar-refractivity contribution is 5.85. The number of rotatable bonds is 7. The number of benzene rings is 1. The SMILES string of the molecule is CCOC(=O)C(C)NC(=O)Cc1ccc(OCC)cc1. The lowest BCUT2D eigenvalue weighted by Gasteiger charge is -2.12. The van der Waals surface area contributed by atoms with Crippen molar-refractivity contribution in [2.45, 2.75) is 33.2 Å². The number of hydrogen-bond donors (Lipinski definition) is 1. The number of hydrogen-bond acceptors (Lipinski definition) is 4. The fourth-order valence-corrected chi connectivity index (χ4v) is 1.67. The normalized spacial score (nSPS) is 11.6. The highest BCUT2D eigenvalue weighted by Gasteiger charge is 2.16. The third kappa shape index (κ3) is 5.30. The van der Waals surface area contributed by atoms with Crippen LogP contribution in [0.25, 0.3) is 0 Å². The molecule has 1 aromatic carbocycles. The zero-order chi connectivity index (χ0) is 15.0. The van der Waals surface area contributed by atoms with E-state index in [2.05, 4.69) is 5.32 Å². The first-order valence-electron chi connectivity index (χ1n) is 6.74. The molecule has 1 rings (SSSR count). The molecule has 1 atom stereocenters. The average molecular weight is 279 g/mol. The standard InChI is InChI=1S/C15H21NO4/c1-4-19-13-8-6-12(7-9-13)10-14(17)16-11(3)15(18)20-5-2/h6-9,11H,4-5,10H2,1-3H3,(H,16,17). The summed E-state index contributed by atoms with van der Waals surface area (Å²) in [7, 11) is 0. The molecule has 0 aliphatic heterocycles. The Morgan fingerprint density at radius 3 is 2.35 bits per heavy atom. The molecule has 0 aliphatic rings. The van der Waals surface area contributed by atoms with Crippen molar-refractivity contribution in [3.8, 4) is 5.75 Å². The predicted molar refractivity (Wildman–Crippen MR) is 75.6 cm³/mol. The molecule has 20 heavy (non-hydrogen) atoms. The van der Waals surface area contributed by atoms with Crippen molar-refractivity contribution in [3.63, 3.8) is 0 Å². The third-order valence-corrected chi connectivity index (χ3v) is 2.62. The first-order chi connectivity index (χ1) is 9.56. The van der Waals surface area contributed by atoms with Crippen molar-refractivity contribution in [1.29, 1.82) is 0 Å². The van der Waals surface area contributed by atoms with Crippen LogP contribution in [0.1, 0.15) is 26.3 Å². The summed E-state index contributed by atoms with van der Waals surface area (Å²) in [6.45, 7) is 6.16. The van der Waals surface area contributed by atoms with Crippen LogP contribution in [0.15, 0.2) is 24.3 Å². The van der Waals surface area contributed by atoms with Crippen molar-refractivity contribution < 1.29 is 19.1 Å². The molecule has 0 heterocycles. The summed E-state index contributed by atoms with van der Waals surface area (Å²) in [6, 6.07) is 6.67. The maximum atomic E-state index is 11.8. The Kier molecular flexibility index (Phi) is 6.56. The molecule has 1 amide bonds. The molecule has 0 saturated carbocycles. The monoisotopic (exact) mass is 279 g/mol. The average Bonchev–Trinajstić information content (AvgIpc) is 2.41. The Balaban J connectivity index is 2.47. The number of carbonyl (C=O) groups excluding carboxylic acids is 2. The van der Waals surface area contributed by atoms with Crippen molar-refractivity contribution in [1.82, 2.24) is 5.32 Å². The molecule has 5 heteroatoms. The van der Waals surface area contributed by atoms with Crippen molar-refractivity contribution >= 4 is 11.9 Å². The van der Waals surface area contributed by atoms with Gasteiger partial charge in [-0.2, -0.15) is 0 Å². The summed E-state index contributed by atoms with van der Waals surface area (Å²) in [4.78, 5) is 23.2. The second-order valence-corrected chi connectivity index (χ2v) is 4.29. The minimum absolute atomic E-state index is 0.213. The van der Waals surface area contributed by atoms with E-state index >= 15 is 0 Å². The molecule has 0 fully saturated rings. The lowest BCUT2D eigenvalue weighted by atomic mass is 10.1. The highest BCUT2D eigenvalue weighted by Crippen LogP contribution is 2.12. The zero-order valence-corrected chi connectivity index (χ0v) is 12.1.